The minimum atomic E-state index is 0.451. The number of nitrogens with zero attached hydrogens (tertiary/aromatic N) is 1. The van der Waals surface area contributed by atoms with Crippen molar-refractivity contribution >= 4 is 6.08 Å². The first-order valence-corrected chi connectivity index (χ1v) is 6.15. The average Bonchev–Trinajstić information content (AvgIpc) is 2.45. The van der Waals surface area contributed by atoms with E-state index in [4.69, 9.17) is 10.00 Å². The molecule has 2 nitrogen and oxygen atoms in total. The minimum absolute atomic E-state index is 0.451. The zero-order chi connectivity index (χ0) is 13.5. The van der Waals surface area contributed by atoms with Crippen molar-refractivity contribution in [3.8, 4) is 11.8 Å². The molecule has 0 atom stereocenters. The molecule has 0 aliphatic heterocycles. The lowest BCUT2D eigenvalue weighted by Gasteiger charge is -2.06. The second-order valence-electron chi connectivity index (χ2n) is 4.24. The number of rotatable bonds is 4. The van der Waals surface area contributed by atoms with E-state index in [0.717, 1.165) is 11.1 Å². The van der Waals surface area contributed by atoms with E-state index in [0.29, 0.717) is 17.9 Å². The molecule has 0 aliphatic carbocycles. The van der Waals surface area contributed by atoms with E-state index in [2.05, 4.69) is 6.07 Å². The summed E-state index contributed by atoms with van der Waals surface area (Å²) in [6, 6.07) is 17.7. The molecule has 0 fully saturated rings. The number of benzene rings is 2. The summed E-state index contributed by atoms with van der Waals surface area (Å²) >= 11 is 0. The molecule has 2 heteroatoms. The van der Waals surface area contributed by atoms with Gasteiger partial charge in [0, 0.05) is 0 Å². The van der Waals surface area contributed by atoms with Gasteiger partial charge in [-0.2, -0.15) is 5.26 Å². The maximum atomic E-state index is 9.00. The van der Waals surface area contributed by atoms with Gasteiger partial charge in [-0.1, -0.05) is 42.5 Å². The molecule has 0 N–H and O–H groups in total. The summed E-state index contributed by atoms with van der Waals surface area (Å²) in [5, 5.41) is 9.00. The Bertz CT molecular complexity index is 609. The Morgan fingerprint density at radius 3 is 2.68 bits per heavy atom. The zero-order valence-electron chi connectivity index (χ0n) is 10.8. The van der Waals surface area contributed by atoms with Crippen molar-refractivity contribution in [1.29, 1.82) is 5.26 Å². The Hall–Kier alpha value is -2.53. The summed E-state index contributed by atoms with van der Waals surface area (Å²) < 4.78 is 5.62. The highest BCUT2D eigenvalue weighted by Crippen LogP contribution is 2.19. The lowest BCUT2D eigenvalue weighted by molar-refractivity contribution is 0.362. The number of hydrogen-bond acceptors (Lipinski definition) is 2. The quantitative estimate of drug-likeness (QED) is 0.821. The molecule has 0 radical (unpaired) electrons. The van der Waals surface area contributed by atoms with Crippen molar-refractivity contribution in [3.05, 3.63) is 71.3 Å². The van der Waals surface area contributed by atoms with Crippen LogP contribution < -0.4 is 4.74 Å². The molecule has 0 saturated carbocycles. The fourth-order valence-electron chi connectivity index (χ4n) is 1.73. The Labute approximate surface area is 113 Å². The predicted octanol–water partition coefficient (Wildman–Crippen LogP) is 3.96. The highest BCUT2D eigenvalue weighted by Gasteiger charge is 2.01. The lowest BCUT2D eigenvalue weighted by atomic mass is 10.1. The van der Waals surface area contributed by atoms with E-state index in [-0.39, 0.29) is 0 Å². The monoisotopic (exact) mass is 249 g/mol. The summed E-state index contributed by atoms with van der Waals surface area (Å²) in [5.41, 5.74) is 2.79. The Kier molecular flexibility index (Phi) is 4.36. The van der Waals surface area contributed by atoms with Gasteiger partial charge < -0.3 is 4.74 Å². The van der Waals surface area contributed by atoms with E-state index in [1.165, 1.54) is 0 Å². The first-order chi connectivity index (χ1) is 9.29. The van der Waals surface area contributed by atoms with Crippen LogP contribution in [-0.2, 0) is 0 Å². The minimum Gasteiger partial charge on any atom is -0.488 e. The van der Waals surface area contributed by atoms with Gasteiger partial charge in [0.05, 0.1) is 5.56 Å². The first-order valence-electron chi connectivity index (χ1n) is 6.15. The molecule has 0 amide bonds. The highest BCUT2D eigenvalue weighted by atomic mass is 16.5. The number of ether oxygens (including phenoxy) is 1. The van der Waals surface area contributed by atoms with Gasteiger partial charge in [0.15, 0.2) is 0 Å². The van der Waals surface area contributed by atoms with Crippen LogP contribution in [-0.4, -0.2) is 6.61 Å². The second kappa shape index (κ2) is 6.42. The first kappa shape index (κ1) is 12.9. The Balaban J connectivity index is 1.98. The molecule has 0 unspecified atom stereocenters. The van der Waals surface area contributed by atoms with Gasteiger partial charge in [-0.05, 0) is 36.3 Å². The van der Waals surface area contributed by atoms with Crippen LogP contribution in [0.25, 0.3) is 6.08 Å². The van der Waals surface area contributed by atoms with E-state index < -0.39 is 0 Å². The summed E-state index contributed by atoms with van der Waals surface area (Å²) in [5.74, 6) is 0.639. The van der Waals surface area contributed by atoms with Crippen LogP contribution >= 0.6 is 0 Å². The van der Waals surface area contributed by atoms with Crippen LogP contribution in [0.5, 0.6) is 5.75 Å². The summed E-state index contributed by atoms with van der Waals surface area (Å²) in [6.45, 7) is 2.43. The number of hydrogen-bond donors (Lipinski definition) is 0. The van der Waals surface area contributed by atoms with Crippen molar-refractivity contribution in [2.45, 2.75) is 6.92 Å². The smallest absolute Gasteiger partial charge is 0.137 e. The standard InChI is InChI=1S/C17H15NO/c1-14-9-10-16(13-18)17(12-14)19-11-5-8-15-6-3-2-4-7-15/h2-10,12H,11H2,1H3/b8-5+. The second-order valence-corrected chi connectivity index (χ2v) is 4.24. The fraction of sp³-hybridized carbons (Fsp3) is 0.118. The average molecular weight is 249 g/mol. The molecule has 2 rings (SSSR count). The fourth-order valence-corrected chi connectivity index (χ4v) is 1.73. The van der Waals surface area contributed by atoms with Crippen molar-refractivity contribution in [2.24, 2.45) is 0 Å². The van der Waals surface area contributed by atoms with Gasteiger partial charge in [0.25, 0.3) is 0 Å². The molecular formula is C17H15NO. The van der Waals surface area contributed by atoms with E-state index in [1.807, 2.05) is 61.5 Å². The van der Waals surface area contributed by atoms with Crippen LogP contribution in [0, 0.1) is 18.3 Å². The molecule has 94 valence electrons. The van der Waals surface area contributed by atoms with Crippen molar-refractivity contribution in [1.82, 2.24) is 0 Å². The van der Waals surface area contributed by atoms with Crippen LogP contribution in [0.1, 0.15) is 16.7 Å². The molecule has 2 aromatic carbocycles. The Morgan fingerprint density at radius 2 is 1.95 bits per heavy atom. The van der Waals surface area contributed by atoms with Gasteiger partial charge in [-0.25, -0.2) is 0 Å². The zero-order valence-corrected chi connectivity index (χ0v) is 10.8. The maximum Gasteiger partial charge on any atom is 0.137 e. The van der Waals surface area contributed by atoms with Crippen LogP contribution in [0.15, 0.2) is 54.6 Å². The van der Waals surface area contributed by atoms with Crippen LogP contribution in [0.4, 0.5) is 0 Å². The van der Waals surface area contributed by atoms with E-state index in [9.17, 15) is 0 Å². The molecule has 19 heavy (non-hydrogen) atoms. The third kappa shape index (κ3) is 3.72. The highest BCUT2D eigenvalue weighted by molar-refractivity contribution is 5.49. The van der Waals surface area contributed by atoms with Gasteiger partial charge >= 0.3 is 0 Å². The largest absolute Gasteiger partial charge is 0.488 e. The molecule has 0 bridgehead atoms. The van der Waals surface area contributed by atoms with Crippen LogP contribution in [0.2, 0.25) is 0 Å². The van der Waals surface area contributed by atoms with E-state index >= 15 is 0 Å². The predicted molar refractivity (Wildman–Crippen MR) is 76.9 cm³/mol. The van der Waals surface area contributed by atoms with Gasteiger partial charge in [0.2, 0.25) is 0 Å². The van der Waals surface area contributed by atoms with Crippen molar-refractivity contribution in [2.75, 3.05) is 6.61 Å². The number of aryl methyl sites for hydroxylation is 1. The molecule has 0 saturated heterocycles. The van der Waals surface area contributed by atoms with Gasteiger partial charge in [0.1, 0.15) is 18.4 Å². The van der Waals surface area contributed by atoms with Crippen molar-refractivity contribution < 1.29 is 4.74 Å². The normalized spacial score (nSPS) is 10.3. The van der Waals surface area contributed by atoms with Crippen molar-refractivity contribution in [3.63, 3.8) is 0 Å². The summed E-state index contributed by atoms with van der Waals surface area (Å²) in [6.07, 6.45) is 3.95. The Morgan fingerprint density at radius 1 is 1.16 bits per heavy atom. The molecule has 2 aromatic rings. The third-order valence-corrected chi connectivity index (χ3v) is 2.70. The molecule has 0 spiro atoms. The molecular weight excluding hydrogens is 234 g/mol. The van der Waals surface area contributed by atoms with Crippen LogP contribution in [0.3, 0.4) is 0 Å². The van der Waals surface area contributed by atoms with Gasteiger partial charge in [-0.15, -0.1) is 0 Å². The van der Waals surface area contributed by atoms with Gasteiger partial charge in [-0.3, -0.25) is 0 Å². The molecule has 0 aliphatic rings. The number of nitriles is 1. The summed E-state index contributed by atoms with van der Waals surface area (Å²) in [7, 11) is 0. The summed E-state index contributed by atoms with van der Waals surface area (Å²) in [4.78, 5) is 0. The lowest BCUT2D eigenvalue weighted by Crippen LogP contribution is -1.96. The topological polar surface area (TPSA) is 33.0 Å². The molecule has 0 heterocycles. The SMILES string of the molecule is Cc1ccc(C#N)c(OC/C=C/c2ccccc2)c1. The molecule has 0 aromatic heterocycles. The maximum absolute atomic E-state index is 9.00. The third-order valence-electron chi connectivity index (χ3n) is 2.70. The van der Waals surface area contributed by atoms with E-state index in [1.54, 1.807) is 6.07 Å².